The summed E-state index contributed by atoms with van der Waals surface area (Å²) in [6.45, 7) is 3.84. The molecule has 2 aromatic rings. The van der Waals surface area contributed by atoms with Crippen LogP contribution in [0.5, 0.6) is 5.75 Å². The molecule has 3 heterocycles. The van der Waals surface area contributed by atoms with E-state index in [0.717, 1.165) is 38.1 Å². The van der Waals surface area contributed by atoms with Gasteiger partial charge in [0.15, 0.2) is 6.61 Å². The van der Waals surface area contributed by atoms with Crippen molar-refractivity contribution in [3.63, 3.8) is 0 Å². The molecule has 0 bridgehead atoms. The van der Waals surface area contributed by atoms with Crippen molar-refractivity contribution >= 4 is 5.91 Å². The van der Waals surface area contributed by atoms with E-state index in [4.69, 9.17) is 4.74 Å². The van der Waals surface area contributed by atoms with Gasteiger partial charge in [0.05, 0.1) is 0 Å². The van der Waals surface area contributed by atoms with E-state index in [-0.39, 0.29) is 24.6 Å². The number of carbonyl (C=O) groups excluding carboxylic acids is 1. The van der Waals surface area contributed by atoms with Crippen LogP contribution < -0.4 is 15.6 Å². The number of likely N-dealkylation sites (tertiary alicyclic amines) is 1. The first kappa shape index (κ1) is 18.9. The highest BCUT2D eigenvalue weighted by Gasteiger charge is 2.40. The van der Waals surface area contributed by atoms with Crippen LogP contribution in [0.25, 0.3) is 0 Å². The molecule has 0 aliphatic carbocycles. The minimum atomic E-state index is 0.0625. The number of nitrogens with one attached hydrogen (secondary N) is 2. The third-order valence-corrected chi connectivity index (χ3v) is 5.88. The Morgan fingerprint density at radius 1 is 1.25 bits per heavy atom. The molecule has 148 valence electrons. The molecule has 28 heavy (non-hydrogen) atoms. The summed E-state index contributed by atoms with van der Waals surface area (Å²) in [6.07, 6.45) is 6.98. The molecule has 0 saturated carbocycles. The maximum Gasteiger partial charge on any atom is 0.260 e. The molecule has 0 spiro atoms. The van der Waals surface area contributed by atoms with Gasteiger partial charge >= 0.3 is 0 Å². The number of hydrogen-bond acceptors (Lipinski definition) is 5. The number of pyridine rings is 1. The van der Waals surface area contributed by atoms with Crippen molar-refractivity contribution in [2.24, 2.45) is 0 Å². The van der Waals surface area contributed by atoms with E-state index in [9.17, 15) is 4.79 Å². The Balaban J connectivity index is 1.48. The highest BCUT2D eigenvalue weighted by Crippen LogP contribution is 2.32. The van der Waals surface area contributed by atoms with Crippen LogP contribution in [-0.2, 0) is 4.79 Å². The zero-order valence-electron chi connectivity index (χ0n) is 16.3. The predicted molar refractivity (Wildman–Crippen MR) is 108 cm³/mol. The number of nitrogens with zero attached hydrogens (tertiary/aromatic N) is 2. The molecule has 6 heteroatoms. The summed E-state index contributed by atoms with van der Waals surface area (Å²) in [4.78, 5) is 19.2. The van der Waals surface area contributed by atoms with Gasteiger partial charge in [0.1, 0.15) is 5.75 Å². The first-order chi connectivity index (χ1) is 13.7. The zero-order valence-corrected chi connectivity index (χ0v) is 16.3. The van der Waals surface area contributed by atoms with Gasteiger partial charge in [0.25, 0.3) is 5.91 Å². The van der Waals surface area contributed by atoms with E-state index in [2.05, 4.69) is 28.8 Å². The third-order valence-electron chi connectivity index (χ3n) is 5.88. The topological polar surface area (TPSA) is 66.5 Å². The van der Waals surface area contributed by atoms with Gasteiger partial charge in [-0.15, -0.1) is 0 Å². The molecule has 2 aliphatic heterocycles. The number of ether oxygens (including phenoxy) is 1. The number of hydrazine groups is 1. The number of carbonyl (C=O) groups is 1. The van der Waals surface area contributed by atoms with Crippen molar-refractivity contribution in [2.45, 2.75) is 44.2 Å². The standard InChI is InChI=1S/C22H28N4O2/c1-16-13-23-11-10-18(16)19-14-24-25-22(19)20-9-5-6-12-26(20)21(27)15-28-17-7-3-2-4-8-17/h2-4,7-8,10-11,13,19-20,22,24-25H,5-6,9,12,14-15H2,1H3. The Bertz CT molecular complexity index is 798. The van der Waals surface area contributed by atoms with E-state index in [1.54, 1.807) is 0 Å². The molecule has 6 nitrogen and oxygen atoms in total. The fourth-order valence-corrected chi connectivity index (χ4v) is 4.47. The summed E-state index contributed by atoms with van der Waals surface area (Å²) < 4.78 is 5.73. The van der Waals surface area contributed by atoms with E-state index >= 15 is 0 Å². The molecule has 1 aromatic heterocycles. The van der Waals surface area contributed by atoms with Gasteiger partial charge in [-0.3, -0.25) is 20.6 Å². The van der Waals surface area contributed by atoms with Crippen LogP contribution in [-0.4, -0.2) is 47.6 Å². The molecular weight excluding hydrogens is 352 g/mol. The average molecular weight is 380 g/mol. The van der Waals surface area contributed by atoms with Crippen LogP contribution >= 0.6 is 0 Å². The predicted octanol–water partition coefficient (Wildman–Crippen LogP) is 2.41. The molecule has 0 radical (unpaired) electrons. The number of piperidine rings is 1. The molecule has 2 aliphatic rings. The summed E-state index contributed by atoms with van der Waals surface area (Å²) in [5.74, 6) is 1.11. The lowest BCUT2D eigenvalue weighted by molar-refractivity contribution is -0.137. The highest BCUT2D eigenvalue weighted by molar-refractivity contribution is 5.78. The summed E-state index contributed by atoms with van der Waals surface area (Å²) in [6, 6.07) is 12.0. The van der Waals surface area contributed by atoms with E-state index in [1.165, 1.54) is 11.1 Å². The zero-order chi connectivity index (χ0) is 19.3. The number of hydrogen-bond donors (Lipinski definition) is 2. The van der Waals surface area contributed by atoms with Crippen LogP contribution in [0.2, 0.25) is 0 Å². The molecule has 2 saturated heterocycles. The monoisotopic (exact) mass is 380 g/mol. The van der Waals surface area contributed by atoms with Crippen molar-refractivity contribution in [3.05, 3.63) is 59.9 Å². The number of aryl methyl sites for hydroxylation is 1. The van der Waals surface area contributed by atoms with Crippen molar-refractivity contribution in [3.8, 4) is 5.75 Å². The first-order valence-electron chi connectivity index (χ1n) is 10.1. The lowest BCUT2D eigenvalue weighted by atomic mass is 9.83. The van der Waals surface area contributed by atoms with Crippen LogP contribution in [0.15, 0.2) is 48.8 Å². The molecule has 1 aromatic carbocycles. The van der Waals surface area contributed by atoms with Gasteiger partial charge in [0.2, 0.25) is 0 Å². The molecule has 1 amide bonds. The fourth-order valence-electron chi connectivity index (χ4n) is 4.47. The summed E-state index contributed by atoms with van der Waals surface area (Å²) in [7, 11) is 0. The van der Waals surface area contributed by atoms with E-state index in [1.807, 2.05) is 47.6 Å². The van der Waals surface area contributed by atoms with Crippen LogP contribution in [0, 0.1) is 6.92 Å². The Hall–Kier alpha value is -2.44. The van der Waals surface area contributed by atoms with Crippen molar-refractivity contribution in [2.75, 3.05) is 19.7 Å². The van der Waals surface area contributed by atoms with E-state index in [0.29, 0.717) is 5.92 Å². The van der Waals surface area contributed by atoms with Crippen molar-refractivity contribution in [1.29, 1.82) is 0 Å². The Labute approximate surface area is 166 Å². The SMILES string of the molecule is Cc1cnccc1C1CNNC1C1CCCCN1C(=O)COc1ccccc1. The average Bonchev–Trinajstić information content (AvgIpc) is 3.22. The largest absolute Gasteiger partial charge is 0.484 e. The van der Waals surface area contributed by atoms with Gasteiger partial charge < -0.3 is 9.64 Å². The molecule has 3 atom stereocenters. The Morgan fingerprint density at radius 3 is 2.93 bits per heavy atom. The maximum atomic E-state index is 13.0. The quantitative estimate of drug-likeness (QED) is 0.834. The number of amides is 1. The fraction of sp³-hybridized carbons (Fsp3) is 0.455. The lowest BCUT2D eigenvalue weighted by Crippen LogP contribution is -2.55. The maximum absolute atomic E-state index is 13.0. The Morgan fingerprint density at radius 2 is 2.11 bits per heavy atom. The van der Waals surface area contributed by atoms with Crippen LogP contribution in [0.3, 0.4) is 0 Å². The van der Waals surface area contributed by atoms with E-state index < -0.39 is 0 Å². The minimum Gasteiger partial charge on any atom is -0.484 e. The number of rotatable bonds is 5. The second-order valence-electron chi connectivity index (χ2n) is 7.64. The summed E-state index contributed by atoms with van der Waals surface area (Å²) in [5.41, 5.74) is 9.28. The van der Waals surface area contributed by atoms with Crippen molar-refractivity contribution in [1.82, 2.24) is 20.7 Å². The third kappa shape index (κ3) is 4.03. The van der Waals surface area contributed by atoms with Crippen LogP contribution in [0.4, 0.5) is 0 Å². The minimum absolute atomic E-state index is 0.0625. The second-order valence-corrected chi connectivity index (χ2v) is 7.64. The molecule has 4 rings (SSSR count). The normalized spacial score (nSPS) is 24.9. The number of aromatic nitrogens is 1. The van der Waals surface area contributed by atoms with Gasteiger partial charge in [-0.25, -0.2) is 0 Å². The number of para-hydroxylation sites is 1. The second kappa shape index (κ2) is 8.71. The first-order valence-corrected chi connectivity index (χ1v) is 10.1. The lowest BCUT2D eigenvalue weighted by Gasteiger charge is -2.41. The smallest absolute Gasteiger partial charge is 0.260 e. The Kier molecular flexibility index (Phi) is 5.88. The van der Waals surface area contributed by atoms with Crippen molar-refractivity contribution < 1.29 is 9.53 Å². The van der Waals surface area contributed by atoms with Gasteiger partial charge in [-0.05, 0) is 55.5 Å². The van der Waals surface area contributed by atoms with Gasteiger partial charge in [-0.2, -0.15) is 0 Å². The van der Waals surface area contributed by atoms with Crippen LogP contribution in [0.1, 0.15) is 36.3 Å². The van der Waals surface area contributed by atoms with Gasteiger partial charge in [-0.1, -0.05) is 18.2 Å². The summed E-state index contributed by atoms with van der Waals surface area (Å²) in [5, 5.41) is 0. The molecule has 2 N–H and O–H groups in total. The molecular formula is C22H28N4O2. The van der Waals surface area contributed by atoms with Gasteiger partial charge in [0, 0.05) is 43.5 Å². The highest BCUT2D eigenvalue weighted by atomic mass is 16.5. The summed E-state index contributed by atoms with van der Waals surface area (Å²) >= 11 is 0. The number of benzene rings is 1. The molecule has 3 unspecified atom stereocenters. The molecule has 2 fully saturated rings.